The predicted molar refractivity (Wildman–Crippen MR) is 156 cm³/mol. The van der Waals surface area contributed by atoms with Gasteiger partial charge in [-0.2, -0.15) is 4.98 Å². The lowest BCUT2D eigenvalue weighted by molar-refractivity contribution is -0.100. The topological polar surface area (TPSA) is 136 Å². The summed E-state index contributed by atoms with van der Waals surface area (Å²) in [5, 5.41) is 38.8. The summed E-state index contributed by atoms with van der Waals surface area (Å²) in [5.41, 5.74) is 4.05. The minimum atomic E-state index is -1.01. The Kier molecular flexibility index (Phi) is 6.53. The van der Waals surface area contributed by atoms with Gasteiger partial charge in [0.2, 0.25) is 5.95 Å². The molecule has 5 aliphatic carbocycles. The first kappa shape index (κ1) is 26.5. The van der Waals surface area contributed by atoms with Crippen LogP contribution < -0.4 is 10.6 Å². The molecule has 0 aliphatic heterocycles. The maximum absolute atomic E-state index is 10.8. The van der Waals surface area contributed by atoms with E-state index in [1.807, 2.05) is 19.2 Å². The van der Waals surface area contributed by atoms with E-state index in [2.05, 4.69) is 29.5 Å². The van der Waals surface area contributed by atoms with Crippen LogP contribution in [-0.2, 0) is 0 Å². The van der Waals surface area contributed by atoms with Crippen LogP contribution in [0.4, 0.5) is 11.8 Å². The highest BCUT2D eigenvalue weighted by Crippen LogP contribution is 2.61. The van der Waals surface area contributed by atoms with Gasteiger partial charge in [0.1, 0.15) is 22.4 Å². The van der Waals surface area contributed by atoms with E-state index in [1.165, 1.54) is 19.3 Å². The van der Waals surface area contributed by atoms with E-state index in [4.69, 9.17) is 15.0 Å². The van der Waals surface area contributed by atoms with Crippen LogP contribution in [0, 0.1) is 36.0 Å². The zero-order valence-corrected chi connectivity index (χ0v) is 24.3. The Hall–Kier alpha value is -2.40. The van der Waals surface area contributed by atoms with Gasteiger partial charge in [-0.05, 0) is 74.7 Å². The van der Waals surface area contributed by atoms with Gasteiger partial charge in [0.25, 0.3) is 0 Å². The van der Waals surface area contributed by atoms with E-state index in [0.29, 0.717) is 35.4 Å². The number of aromatic nitrogens is 4. The molecule has 10 heteroatoms. The molecule has 5 N–H and O–H groups in total. The molecule has 0 radical (unpaired) electrons. The van der Waals surface area contributed by atoms with Gasteiger partial charge in [-0.25, -0.2) is 9.97 Å². The van der Waals surface area contributed by atoms with Crippen molar-refractivity contribution in [3.05, 3.63) is 23.7 Å². The van der Waals surface area contributed by atoms with Crippen molar-refractivity contribution in [1.29, 1.82) is 0 Å². The van der Waals surface area contributed by atoms with Crippen LogP contribution in [0.5, 0.6) is 0 Å². The van der Waals surface area contributed by atoms with Gasteiger partial charge < -0.3 is 26.0 Å². The van der Waals surface area contributed by atoms with Crippen molar-refractivity contribution in [3.63, 3.8) is 0 Å². The fraction of sp³-hybridized carbons (Fsp3) is 0.667. The zero-order valence-electron chi connectivity index (χ0n) is 23.5. The minimum absolute atomic E-state index is 0.173. The van der Waals surface area contributed by atoms with Gasteiger partial charge in [0.15, 0.2) is 0 Å². The van der Waals surface area contributed by atoms with Gasteiger partial charge in [-0.15, -0.1) is 11.3 Å². The molecule has 5 aliphatic rings. The van der Waals surface area contributed by atoms with E-state index in [-0.39, 0.29) is 12.5 Å². The first-order valence-electron chi connectivity index (χ1n) is 14.9. The van der Waals surface area contributed by atoms with Crippen molar-refractivity contribution in [3.8, 4) is 10.6 Å². The van der Waals surface area contributed by atoms with E-state index in [1.54, 1.807) is 11.3 Å². The lowest BCUT2D eigenvalue weighted by Gasteiger charge is -2.60. The number of rotatable bonds is 8. The van der Waals surface area contributed by atoms with E-state index < -0.39 is 18.2 Å². The number of pyridine rings is 1. The van der Waals surface area contributed by atoms with Gasteiger partial charge in [-0.3, -0.25) is 4.98 Å². The van der Waals surface area contributed by atoms with Crippen molar-refractivity contribution >= 4 is 33.3 Å². The van der Waals surface area contributed by atoms with Gasteiger partial charge in [-0.1, -0.05) is 13.8 Å². The fourth-order valence-corrected chi connectivity index (χ4v) is 8.77. The SMILES string of the molecule is Cc1nc(NC[C@@H]2CC[C@H]3C[C@@H]2C3(C)C)nc(N[C@@H]2C[C@H](CO)[C@@H](O)[C@H]2O)c1-c1nc2c(C3CC3)nccc2s1. The summed E-state index contributed by atoms with van der Waals surface area (Å²) < 4.78 is 1.09. The lowest BCUT2D eigenvalue weighted by Crippen LogP contribution is -2.53. The first-order chi connectivity index (χ1) is 19.2. The second-order valence-corrected chi connectivity index (χ2v) is 14.2. The molecule has 0 saturated heterocycles. The van der Waals surface area contributed by atoms with Crippen molar-refractivity contribution in [2.75, 3.05) is 23.8 Å². The third-order valence-corrected chi connectivity index (χ3v) is 11.5. The molecule has 0 aromatic carbocycles. The highest BCUT2D eigenvalue weighted by atomic mass is 32.1. The molecule has 3 aromatic heterocycles. The van der Waals surface area contributed by atoms with Gasteiger partial charge in [0.05, 0.1) is 33.8 Å². The second kappa shape index (κ2) is 9.86. The Morgan fingerprint density at radius 1 is 1.02 bits per heavy atom. The number of anilines is 2. The average molecular weight is 565 g/mol. The van der Waals surface area contributed by atoms with Crippen LogP contribution >= 0.6 is 11.3 Å². The van der Waals surface area contributed by atoms with E-state index >= 15 is 0 Å². The summed E-state index contributed by atoms with van der Waals surface area (Å²) in [5.74, 6) is 3.47. The monoisotopic (exact) mass is 564 g/mol. The van der Waals surface area contributed by atoms with Crippen LogP contribution in [0.2, 0.25) is 0 Å². The number of hydrogen-bond donors (Lipinski definition) is 5. The van der Waals surface area contributed by atoms with E-state index in [9.17, 15) is 15.3 Å². The highest BCUT2D eigenvalue weighted by Gasteiger charge is 2.54. The smallest absolute Gasteiger partial charge is 0.224 e. The molecule has 3 aromatic rings. The highest BCUT2D eigenvalue weighted by molar-refractivity contribution is 7.21. The van der Waals surface area contributed by atoms with Crippen molar-refractivity contribution < 1.29 is 15.3 Å². The fourth-order valence-electron chi connectivity index (χ4n) is 7.70. The lowest BCUT2D eigenvalue weighted by atomic mass is 9.45. The quantitative estimate of drug-likeness (QED) is 0.271. The normalized spacial score (nSPS) is 32.7. The Morgan fingerprint density at radius 3 is 2.55 bits per heavy atom. The van der Waals surface area contributed by atoms with E-state index in [0.717, 1.165) is 63.4 Å². The third-order valence-electron chi connectivity index (χ3n) is 10.5. The van der Waals surface area contributed by atoms with Crippen molar-refractivity contribution in [2.24, 2.45) is 29.1 Å². The summed E-state index contributed by atoms with van der Waals surface area (Å²) in [6, 6.07) is 1.57. The minimum Gasteiger partial charge on any atom is -0.396 e. The molecule has 5 fully saturated rings. The molecule has 40 heavy (non-hydrogen) atoms. The van der Waals surface area contributed by atoms with Crippen LogP contribution in [0.25, 0.3) is 20.8 Å². The van der Waals surface area contributed by atoms with Crippen molar-refractivity contribution in [1.82, 2.24) is 19.9 Å². The molecule has 8 rings (SSSR count). The third kappa shape index (κ3) is 4.38. The van der Waals surface area contributed by atoms with Crippen LogP contribution in [0.15, 0.2) is 12.3 Å². The van der Waals surface area contributed by atoms with Gasteiger partial charge in [0, 0.05) is 31.2 Å². The number of nitrogens with one attached hydrogen (secondary N) is 2. The Balaban J connectivity index is 1.22. The zero-order chi connectivity index (χ0) is 27.8. The summed E-state index contributed by atoms with van der Waals surface area (Å²) >= 11 is 1.61. The molecule has 3 heterocycles. The van der Waals surface area contributed by atoms with Gasteiger partial charge >= 0.3 is 0 Å². The molecule has 7 atom stereocenters. The summed E-state index contributed by atoms with van der Waals surface area (Å²) in [4.78, 5) is 19.5. The molecule has 5 saturated carbocycles. The van der Waals surface area contributed by atoms with Crippen LogP contribution in [0.1, 0.15) is 69.7 Å². The molecular weight excluding hydrogens is 524 g/mol. The number of aryl methyl sites for hydroxylation is 1. The molecule has 0 spiro atoms. The number of fused-ring (bicyclic) bond motifs is 3. The number of hydrogen-bond acceptors (Lipinski definition) is 10. The maximum Gasteiger partial charge on any atom is 0.224 e. The summed E-state index contributed by atoms with van der Waals surface area (Å²) in [6.07, 6.45) is 6.50. The largest absolute Gasteiger partial charge is 0.396 e. The van der Waals surface area contributed by atoms with Crippen molar-refractivity contribution in [2.45, 2.75) is 83.5 Å². The number of thiazole rings is 1. The molecule has 214 valence electrons. The number of aliphatic hydroxyl groups is 3. The molecule has 2 bridgehead atoms. The maximum atomic E-state index is 10.8. The van der Waals surface area contributed by atoms with Crippen LogP contribution in [-0.4, -0.2) is 66.7 Å². The number of nitrogens with zero attached hydrogens (tertiary/aromatic N) is 4. The molecule has 9 nitrogen and oxygen atoms in total. The Bertz CT molecular complexity index is 1420. The summed E-state index contributed by atoms with van der Waals surface area (Å²) in [7, 11) is 0. The second-order valence-electron chi connectivity index (χ2n) is 13.2. The summed E-state index contributed by atoms with van der Waals surface area (Å²) in [6.45, 7) is 7.48. The first-order valence-corrected chi connectivity index (χ1v) is 15.7. The number of aliphatic hydroxyl groups excluding tert-OH is 3. The average Bonchev–Trinajstić information content (AvgIpc) is 3.64. The molecular formula is C30H40N6O3S. The Morgan fingerprint density at radius 2 is 1.85 bits per heavy atom. The standard InChI is InChI=1S/C30H40N6O3S/c1-14-22(28-35-24-21(40-28)8-9-31-23(24)15-4-5-15)27(34-20-10-17(13-37)25(38)26(20)39)36-29(33-14)32-12-16-6-7-18-11-19(16)30(18,2)3/h8-9,15-20,25-26,37-39H,4-7,10-13H2,1-3H3,(H2,32,33,34,36)/t16-,17+,18-,19-,20+,25+,26-/m0/s1. The van der Waals surface area contributed by atoms with Crippen LogP contribution in [0.3, 0.4) is 0 Å². The molecule has 0 amide bonds. The Labute approximate surface area is 238 Å². The molecule has 0 unspecified atom stereocenters. The predicted octanol–water partition coefficient (Wildman–Crippen LogP) is 4.33.